The van der Waals surface area contributed by atoms with Crippen LogP contribution in [-0.2, 0) is 16.1 Å². The van der Waals surface area contributed by atoms with Crippen molar-refractivity contribution in [2.45, 2.75) is 52.3 Å². The molecule has 1 aromatic rings. The van der Waals surface area contributed by atoms with Gasteiger partial charge in [0, 0.05) is 51.5 Å². The fraction of sp³-hybridized carbons (Fsp3) is 0.824. The molecule has 1 aromatic heterocycles. The van der Waals surface area contributed by atoms with Crippen molar-refractivity contribution in [2.24, 2.45) is 11.1 Å². The molecular formula is C17H29N5O3. The maximum Gasteiger partial charge on any atom is 0.243 e. The van der Waals surface area contributed by atoms with Crippen molar-refractivity contribution in [3.05, 3.63) is 11.7 Å². The molecule has 8 heteroatoms. The van der Waals surface area contributed by atoms with Crippen LogP contribution >= 0.6 is 0 Å². The Balaban J connectivity index is 1.55. The van der Waals surface area contributed by atoms with E-state index in [1.807, 2.05) is 25.7 Å². The number of piperazine rings is 1. The minimum absolute atomic E-state index is 0.0449. The summed E-state index contributed by atoms with van der Waals surface area (Å²) in [6, 6.07) is 0. The number of amides is 1. The van der Waals surface area contributed by atoms with Crippen molar-refractivity contribution in [3.63, 3.8) is 0 Å². The zero-order valence-electron chi connectivity index (χ0n) is 15.6. The molecule has 1 aliphatic heterocycles. The number of carbonyl (C=O) groups is 1. The zero-order chi connectivity index (χ0) is 18.2. The van der Waals surface area contributed by atoms with Crippen LogP contribution in [0.1, 0.15) is 38.9 Å². The largest absolute Gasteiger partial charge is 0.378 e. The van der Waals surface area contributed by atoms with E-state index in [1.165, 1.54) is 0 Å². The average molecular weight is 351 g/mol. The molecule has 1 aliphatic carbocycles. The number of carbonyl (C=O) groups excluding carboxylic acids is 1. The molecule has 2 atom stereocenters. The Hall–Kier alpha value is -1.51. The van der Waals surface area contributed by atoms with Gasteiger partial charge in [0.1, 0.15) is 5.54 Å². The Morgan fingerprint density at radius 2 is 2.04 bits per heavy atom. The van der Waals surface area contributed by atoms with Crippen LogP contribution < -0.4 is 5.73 Å². The summed E-state index contributed by atoms with van der Waals surface area (Å²) in [6.45, 7) is 12.0. The normalized spacial score (nSPS) is 29.5. The predicted octanol–water partition coefficient (Wildman–Crippen LogP) is 0.555. The highest BCUT2D eigenvalue weighted by Gasteiger charge is 2.63. The molecule has 25 heavy (non-hydrogen) atoms. The predicted molar refractivity (Wildman–Crippen MR) is 91.6 cm³/mol. The van der Waals surface area contributed by atoms with Gasteiger partial charge in [-0.25, -0.2) is 0 Å². The third kappa shape index (κ3) is 3.18. The molecular weight excluding hydrogens is 322 g/mol. The molecule has 0 aromatic carbocycles. The van der Waals surface area contributed by atoms with Crippen molar-refractivity contribution in [1.29, 1.82) is 0 Å². The molecule has 1 saturated carbocycles. The molecule has 1 saturated heterocycles. The van der Waals surface area contributed by atoms with Gasteiger partial charge in [-0.3, -0.25) is 9.69 Å². The molecule has 140 valence electrons. The lowest BCUT2D eigenvalue weighted by Crippen LogP contribution is -2.76. The van der Waals surface area contributed by atoms with Crippen LogP contribution in [0.5, 0.6) is 0 Å². The lowest BCUT2D eigenvalue weighted by molar-refractivity contribution is -0.180. The van der Waals surface area contributed by atoms with Crippen molar-refractivity contribution in [3.8, 4) is 0 Å². The molecule has 8 nitrogen and oxygen atoms in total. The van der Waals surface area contributed by atoms with Crippen LogP contribution in [0, 0.1) is 12.3 Å². The van der Waals surface area contributed by atoms with Gasteiger partial charge in [0.15, 0.2) is 5.82 Å². The van der Waals surface area contributed by atoms with Gasteiger partial charge in [0.25, 0.3) is 0 Å². The molecule has 1 amide bonds. The zero-order valence-corrected chi connectivity index (χ0v) is 15.6. The number of nitrogens with zero attached hydrogens (tertiary/aromatic N) is 4. The van der Waals surface area contributed by atoms with Gasteiger partial charge in [-0.15, -0.1) is 0 Å². The lowest BCUT2D eigenvalue weighted by Gasteiger charge is -2.59. The van der Waals surface area contributed by atoms with Gasteiger partial charge < -0.3 is 19.9 Å². The van der Waals surface area contributed by atoms with E-state index in [1.54, 1.807) is 6.92 Å². The molecule has 2 unspecified atom stereocenters. The standard InChI is InChI=1S/C17H29N5O3/c1-5-24-13-10-17(18,16(13,3)4)15(23)22-8-6-21(7-9-22)11-14-19-12(2)25-20-14/h13H,5-11,18H2,1-4H3. The number of hydrogen-bond acceptors (Lipinski definition) is 7. The third-order valence-electron chi connectivity index (χ3n) is 5.81. The monoisotopic (exact) mass is 351 g/mol. The van der Waals surface area contributed by atoms with Gasteiger partial charge in [0.05, 0.1) is 12.6 Å². The topological polar surface area (TPSA) is 97.7 Å². The second-order valence-corrected chi connectivity index (χ2v) is 7.64. The molecule has 2 fully saturated rings. The first-order chi connectivity index (χ1) is 11.8. The van der Waals surface area contributed by atoms with E-state index in [2.05, 4.69) is 15.0 Å². The fourth-order valence-electron chi connectivity index (χ4n) is 3.79. The Morgan fingerprint density at radius 3 is 2.56 bits per heavy atom. The number of hydrogen-bond donors (Lipinski definition) is 1. The van der Waals surface area contributed by atoms with Gasteiger partial charge in [-0.1, -0.05) is 19.0 Å². The first-order valence-electron chi connectivity index (χ1n) is 8.99. The highest BCUT2D eigenvalue weighted by Crippen LogP contribution is 2.50. The molecule has 0 bridgehead atoms. The van der Waals surface area contributed by atoms with Crippen LogP contribution in [0.3, 0.4) is 0 Å². The second-order valence-electron chi connectivity index (χ2n) is 7.64. The SMILES string of the molecule is CCOC1CC(N)(C(=O)N2CCN(Cc3noc(C)n3)CC2)C1(C)C. The smallest absolute Gasteiger partial charge is 0.243 e. The maximum atomic E-state index is 13.0. The van der Waals surface area contributed by atoms with E-state index in [0.717, 1.165) is 13.1 Å². The Bertz CT molecular complexity index is 624. The van der Waals surface area contributed by atoms with E-state index < -0.39 is 5.54 Å². The van der Waals surface area contributed by atoms with E-state index in [0.29, 0.717) is 44.4 Å². The van der Waals surface area contributed by atoms with Crippen LogP contribution in [-0.4, -0.2) is 70.3 Å². The van der Waals surface area contributed by atoms with Crippen LogP contribution in [0.2, 0.25) is 0 Å². The first kappa shape index (κ1) is 18.3. The Labute approximate surface area is 148 Å². The van der Waals surface area contributed by atoms with Gasteiger partial charge >= 0.3 is 0 Å². The Kier molecular flexibility index (Phi) is 4.87. The quantitative estimate of drug-likeness (QED) is 0.827. The summed E-state index contributed by atoms with van der Waals surface area (Å²) in [5.74, 6) is 1.31. The fourth-order valence-corrected chi connectivity index (χ4v) is 3.79. The molecule has 2 aliphatic rings. The molecule has 3 rings (SSSR count). The number of aryl methyl sites for hydroxylation is 1. The van der Waals surface area contributed by atoms with Gasteiger partial charge in [-0.2, -0.15) is 4.98 Å². The lowest BCUT2D eigenvalue weighted by atomic mass is 9.54. The van der Waals surface area contributed by atoms with Crippen LogP contribution in [0.4, 0.5) is 0 Å². The number of nitrogens with two attached hydrogens (primary N) is 1. The maximum absolute atomic E-state index is 13.0. The van der Waals surface area contributed by atoms with Crippen molar-refractivity contribution >= 4 is 5.91 Å². The van der Waals surface area contributed by atoms with E-state index in [-0.39, 0.29) is 17.4 Å². The second kappa shape index (κ2) is 6.66. The summed E-state index contributed by atoms with van der Waals surface area (Å²) in [6.07, 6.45) is 0.642. The first-order valence-corrected chi connectivity index (χ1v) is 8.99. The average Bonchev–Trinajstić information content (AvgIpc) is 2.99. The van der Waals surface area contributed by atoms with Gasteiger partial charge in [-0.05, 0) is 6.92 Å². The third-order valence-corrected chi connectivity index (χ3v) is 5.81. The van der Waals surface area contributed by atoms with Crippen LogP contribution in [0.15, 0.2) is 4.52 Å². The number of ether oxygens (including phenoxy) is 1. The molecule has 2 heterocycles. The summed E-state index contributed by atoms with van der Waals surface area (Å²) in [7, 11) is 0. The highest BCUT2D eigenvalue weighted by atomic mass is 16.5. The van der Waals surface area contributed by atoms with Crippen LogP contribution in [0.25, 0.3) is 0 Å². The Morgan fingerprint density at radius 1 is 1.36 bits per heavy atom. The summed E-state index contributed by atoms with van der Waals surface area (Å²) >= 11 is 0. The van der Waals surface area contributed by atoms with Gasteiger partial charge in [0.2, 0.25) is 11.8 Å². The summed E-state index contributed by atoms with van der Waals surface area (Å²) in [4.78, 5) is 21.4. The highest BCUT2D eigenvalue weighted by molar-refractivity contribution is 5.89. The molecule has 2 N–H and O–H groups in total. The van der Waals surface area contributed by atoms with E-state index in [4.69, 9.17) is 15.0 Å². The number of aromatic nitrogens is 2. The minimum Gasteiger partial charge on any atom is -0.378 e. The summed E-state index contributed by atoms with van der Waals surface area (Å²) in [5.41, 5.74) is 5.34. The summed E-state index contributed by atoms with van der Waals surface area (Å²) < 4.78 is 10.7. The molecule has 0 radical (unpaired) electrons. The van der Waals surface area contributed by atoms with Crippen molar-refractivity contribution in [1.82, 2.24) is 19.9 Å². The van der Waals surface area contributed by atoms with E-state index >= 15 is 0 Å². The summed E-state index contributed by atoms with van der Waals surface area (Å²) in [5, 5.41) is 3.93. The number of rotatable bonds is 5. The molecule has 0 spiro atoms. The van der Waals surface area contributed by atoms with Crippen molar-refractivity contribution in [2.75, 3.05) is 32.8 Å². The van der Waals surface area contributed by atoms with E-state index in [9.17, 15) is 4.79 Å². The minimum atomic E-state index is -0.834. The van der Waals surface area contributed by atoms with Crippen molar-refractivity contribution < 1.29 is 14.1 Å².